The number of phenols is 1. The molecule has 0 saturated carbocycles. The molecule has 3 rings (SSSR count). The maximum atomic E-state index is 12.8. The molecule has 9 nitrogen and oxygen atoms in total. The van der Waals surface area contributed by atoms with Crippen LogP contribution in [0.4, 0.5) is 23.9 Å². The van der Waals surface area contributed by atoms with Crippen molar-refractivity contribution in [1.82, 2.24) is 20.1 Å². The molecule has 2 N–H and O–H groups in total. The van der Waals surface area contributed by atoms with Gasteiger partial charge in [0, 0.05) is 18.7 Å². The molecule has 1 aromatic heterocycles. The monoisotopic (exact) mass is 469 g/mol. The molecule has 12 heteroatoms. The standard InChI is InChI=1S/C21H26F3N5O4/c1-12-17(15-6-5-13(9-16(15)30)21(22,23)24)27-28-18(26-12)25-10-14-11-32-8-7-29(14)19(31)33-20(2,3)4/h5-6,9,14,30H,7-8,10-11H2,1-4H3,(H,25,26,28)/t14-/m0/s1. The third kappa shape index (κ3) is 6.21. The fourth-order valence-electron chi connectivity index (χ4n) is 3.23. The average molecular weight is 469 g/mol. The van der Waals surface area contributed by atoms with Crippen LogP contribution in [0.25, 0.3) is 11.3 Å². The van der Waals surface area contributed by atoms with Gasteiger partial charge in [0.05, 0.1) is 30.5 Å². The van der Waals surface area contributed by atoms with Gasteiger partial charge in [-0.3, -0.25) is 4.90 Å². The third-order valence-electron chi connectivity index (χ3n) is 4.79. The second-order valence-electron chi connectivity index (χ2n) is 8.58. The molecule has 1 atom stereocenters. The van der Waals surface area contributed by atoms with E-state index in [1.807, 2.05) is 0 Å². The summed E-state index contributed by atoms with van der Waals surface area (Å²) in [5.41, 5.74) is -1.000. The number of aryl methyl sites for hydroxylation is 1. The minimum Gasteiger partial charge on any atom is -0.507 e. The number of hydrogen-bond donors (Lipinski definition) is 2. The quantitative estimate of drug-likeness (QED) is 0.699. The number of aromatic nitrogens is 3. The van der Waals surface area contributed by atoms with Crippen molar-refractivity contribution in [2.75, 3.05) is 31.6 Å². The van der Waals surface area contributed by atoms with Gasteiger partial charge in [-0.2, -0.15) is 13.2 Å². The van der Waals surface area contributed by atoms with Crippen molar-refractivity contribution in [3.63, 3.8) is 0 Å². The Balaban J connectivity index is 1.71. The summed E-state index contributed by atoms with van der Waals surface area (Å²) in [5.74, 6) is -0.408. The molecule has 1 fully saturated rings. The number of anilines is 1. The molecule has 1 aromatic carbocycles. The lowest BCUT2D eigenvalue weighted by atomic mass is 10.1. The number of rotatable bonds is 4. The van der Waals surface area contributed by atoms with Crippen molar-refractivity contribution < 1.29 is 32.5 Å². The van der Waals surface area contributed by atoms with Gasteiger partial charge in [0.2, 0.25) is 5.95 Å². The SMILES string of the molecule is Cc1nc(NC[C@H]2COCCN2C(=O)OC(C)(C)C)nnc1-c1ccc(C(F)(F)F)cc1O. The van der Waals surface area contributed by atoms with E-state index in [9.17, 15) is 23.1 Å². The Morgan fingerprint density at radius 3 is 2.64 bits per heavy atom. The fraction of sp³-hybridized carbons (Fsp3) is 0.524. The van der Waals surface area contributed by atoms with Gasteiger partial charge in [-0.15, -0.1) is 10.2 Å². The van der Waals surface area contributed by atoms with Gasteiger partial charge >= 0.3 is 12.3 Å². The summed E-state index contributed by atoms with van der Waals surface area (Å²) in [6.07, 6.45) is -5.01. The highest BCUT2D eigenvalue weighted by atomic mass is 19.4. The molecule has 0 radical (unpaired) electrons. The van der Waals surface area contributed by atoms with E-state index in [1.165, 1.54) is 0 Å². The zero-order valence-electron chi connectivity index (χ0n) is 18.7. The van der Waals surface area contributed by atoms with Crippen LogP contribution in [0.1, 0.15) is 32.0 Å². The number of phenolic OH excluding ortho intramolecular Hbond substituents is 1. The van der Waals surface area contributed by atoms with Gasteiger partial charge in [-0.1, -0.05) is 0 Å². The second-order valence-corrected chi connectivity index (χ2v) is 8.58. The number of benzene rings is 1. The Morgan fingerprint density at radius 2 is 2.03 bits per heavy atom. The molecule has 2 aromatic rings. The average Bonchev–Trinajstić information content (AvgIpc) is 2.71. The Labute approximate surface area is 188 Å². The molecule has 0 aliphatic carbocycles. The first-order valence-corrected chi connectivity index (χ1v) is 10.3. The first-order valence-electron chi connectivity index (χ1n) is 10.3. The Bertz CT molecular complexity index is 1010. The lowest BCUT2D eigenvalue weighted by molar-refractivity contribution is -0.137. The summed E-state index contributed by atoms with van der Waals surface area (Å²) in [6, 6.07) is 2.30. The smallest absolute Gasteiger partial charge is 0.416 e. The first-order chi connectivity index (χ1) is 15.3. The minimum atomic E-state index is -4.57. The molecular formula is C21H26F3N5O4. The van der Waals surface area contributed by atoms with Crippen LogP contribution in [0.15, 0.2) is 18.2 Å². The third-order valence-corrected chi connectivity index (χ3v) is 4.79. The molecule has 0 unspecified atom stereocenters. The summed E-state index contributed by atoms with van der Waals surface area (Å²) in [7, 11) is 0. The van der Waals surface area contributed by atoms with Crippen molar-refractivity contribution >= 4 is 12.0 Å². The maximum Gasteiger partial charge on any atom is 0.416 e. The number of nitrogens with zero attached hydrogens (tertiary/aromatic N) is 4. The summed E-state index contributed by atoms with van der Waals surface area (Å²) < 4.78 is 49.4. The molecular weight excluding hydrogens is 443 g/mol. The van der Waals surface area contributed by atoms with Crippen molar-refractivity contribution in [3.8, 4) is 17.0 Å². The highest BCUT2D eigenvalue weighted by Crippen LogP contribution is 2.36. The number of hydrogen-bond acceptors (Lipinski definition) is 8. The van der Waals surface area contributed by atoms with E-state index in [0.29, 0.717) is 31.5 Å². The van der Waals surface area contributed by atoms with Crippen LogP contribution in [-0.2, 0) is 15.7 Å². The number of aromatic hydroxyl groups is 1. The van der Waals surface area contributed by atoms with Gasteiger partial charge in [-0.25, -0.2) is 9.78 Å². The van der Waals surface area contributed by atoms with Gasteiger partial charge in [0.15, 0.2) is 0 Å². The highest BCUT2D eigenvalue weighted by Gasteiger charge is 2.32. The van der Waals surface area contributed by atoms with Gasteiger partial charge in [0.1, 0.15) is 17.0 Å². The normalized spacial score (nSPS) is 17.1. The lowest BCUT2D eigenvalue weighted by Gasteiger charge is -2.36. The molecule has 1 aliphatic heterocycles. The van der Waals surface area contributed by atoms with Gasteiger partial charge in [-0.05, 0) is 45.9 Å². The number of alkyl halides is 3. The number of halogens is 3. The number of nitrogens with one attached hydrogen (secondary N) is 1. The van der Waals surface area contributed by atoms with Crippen LogP contribution < -0.4 is 5.32 Å². The Kier molecular flexibility index (Phi) is 6.96. The van der Waals surface area contributed by atoms with E-state index < -0.39 is 29.2 Å². The number of amides is 1. The highest BCUT2D eigenvalue weighted by molar-refractivity contribution is 5.69. The molecule has 0 spiro atoms. The van der Waals surface area contributed by atoms with Crippen molar-refractivity contribution in [1.29, 1.82) is 0 Å². The number of carbonyl (C=O) groups is 1. The van der Waals surface area contributed by atoms with E-state index in [-0.39, 0.29) is 29.8 Å². The van der Waals surface area contributed by atoms with Crippen LogP contribution >= 0.6 is 0 Å². The van der Waals surface area contributed by atoms with Crippen molar-refractivity contribution in [3.05, 3.63) is 29.5 Å². The predicted molar refractivity (Wildman–Crippen MR) is 113 cm³/mol. The second kappa shape index (κ2) is 9.38. The van der Waals surface area contributed by atoms with Crippen LogP contribution in [-0.4, -0.2) is 69.2 Å². The van der Waals surface area contributed by atoms with Crippen LogP contribution in [0.2, 0.25) is 0 Å². The van der Waals surface area contributed by atoms with Crippen LogP contribution in [0.3, 0.4) is 0 Å². The van der Waals surface area contributed by atoms with E-state index in [1.54, 1.807) is 32.6 Å². The Morgan fingerprint density at radius 1 is 1.30 bits per heavy atom. The van der Waals surface area contributed by atoms with Gasteiger partial charge < -0.3 is 19.9 Å². The predicted octanol–water partition coefficient (Wildman–Crippen LogP) is 3.62. The van der Waals surface area contributed by atoms with Crippen LogP contribution in [0.5, 0.6) is 5.75 Å². The molecule has 33 heavy (non-hydrogen) atoms. The topological polar surface area (TPSA) is 110 Å². The molecule has 1 aliphatic rings. The summed E-state index contributed by atoms with van der Waals surface area (Å²) in [4.78, 5) is 18.4. The molecule has 180 valence electrons. The van der Waals surface area contributed by atoms with E-state index in [4.69, 9.17) is 9.47 Å². The van der Waals surface area contributed by atoms with Crippen molar-refractivity contribution in [2.24, 2.45) is 0 Å². The number of ether oxygens (including phenoxy) is 2. The van der Waals surface area contributed by atoms with Crippen LogP contribution in [0, 0.1) is 6.92 Å². The minimum absolute atomic E-state index is 0.0869. The van der Waals surface area contributed by atoms with E-state index in [2.05, 4.69) is 20.5 Å². The maximum absolute atomic E-state index is 12.8. The molecule has 1 saturated heterocycles. The van der Waals surface area contributed by atoms with E-state index in [0.717, 1.165) is 12.1 Å². The summed E-state index contributed by atoms with van der Waals surface area (Å²) >= 11 is 0. The van der Waals surface area contributed by atoms with Gasteiger partial charge in [0.25, 0.3) is 0 Å². The summed E-state index contributed by atoms with van der Waals surface area (Å²) in [6.45, 7) is 8.32. The Hall–Kier alpha value is -3.15. The molecule has 0 bridgehead atoms. The lowest BCUT2D eigenvalue weighted by Crippen LogP contribution is -2.53. The molecule has 1 amide bonds. The summed E-state index contributed by atoms with van der Waals surface area (Å²) in [5, 5.41) is 21.0. The number of carbonyl (C=O) groups excluding carboxylic acids is 1. The number of morpholine rings is 1. The first kappa shape index (κ1) is 24.5. The zero-order chi connectivity index (χ0) is 24.4. The zero-order valence-corrected chi connectivity index (χ0v) is 18.7. The fourth-order valence-corrected chi connectivity index (χ4v) is 3.23. The van der Waals surface area contributed by atoms with E-state index >= 15 is 0 Å². The largest absolute Gasteiger partial charge is 0.507 e. The molecule has 2 heterocycles. The van der Waals surface area contributed by atoms with Crippen molar-refractivity contribution in [2.45, 2.75) is 45.5 Å².